The average Bonchev–Trinajstić information content (AvgIpc) is 2.79. The summed E-state index contributed by atoms with van der Waals surface area (Å²) in [5.74, 6) is -0.308. The van der Waals surface area contributed by atoms with Crippen molar-refractivity contribution in [3.8, 4) is 17.3 Å². The van der Waals surface area contributed by atoms with Crippen LogP contribution < -0.4 is 5.32 Å². The minimum atomic E-state index is -0.740. The molecule has 1 saturated carbocycles. The van der Waals surface area contributed by atoms with Gasteiger partial charge in [-0.2, -0.15) is 5.26 Å². The first-order chi connectivity index (χ1) is 14.6. The highest BCUT2D eigenvalue weighted by Crippen LogP contribution is 2.32. The lowest BCUT2D eigenvalue weighted by Crippen LogP contribution is -2.49. The Morgan fingerprint density at radius 3 is 2.47 bits per heavy atom. The number of hydrogen-bond donors (Lipinski definition) is 1. The van der Waals surface area contributed by atoms with Crippen LogP contribution >= 0.6 is 11.8 Å². The number of rotatable bonds is 5. The van der Waals surface area contributed by atoms with E-state index in [1.54, 1.807) is 12.1 Å². The molecular weight excluding hydrogens is 399 g/mol. The third-order valence-corrected chi connectivity index (χ3v) is 6.39. The monoisotopic (exact) mass is 420 g/mol. The lowest BCUT2D eigenvalue weighted by atomic mass is 9.83. The number of halogens is 1. The number of benzene rings is 2. The van der Waals surface area contributed by atoms with E-state index in [4.69, 9.17) is 0 Å². The summed E-state index contributed by atoms with van der Waals surface area (Å²) in [6.07, 6.45) is 4.43. The fourth-order valence-electron chi connectivity index (χ4n) is 3.86. The molecule has 1 fully saturated rings. The van der Waals surface area contributed by atoms with Crippen LogP contribution in [0.5, 0.6) is 0 Å². The Bertz CT molecular complexity index is 1100. The van der Waals surface area contributed by atoms with Gasteiger partial charge in [0.1, 0.15) is 22.1 Å². The fourth-order valence-corrected chi connectivity index (χ4v) is 4.64. The number of amides is 1. The first kappa shape index (κ1) is 20.3. The van der Waals surface area contributed by atoms with Crippen molar-refractivity contribution in [2.24, 2.45) is 0 Å². The van der Waals surface area contributed by atoms with E-state index < -0.39 is 5.54 Å². The number of thioether (sulfide) groups is 1. The Morgan fingerprint density at radius 1 is 1.07 bits per heavy atom. The molecule has 1 aliphatic carbocycles. The van der Waals surface area contributed by atoms with E-state index in [1.807, 2.05) is 24.3 Å². The Balaban J connectivity index is 1.54. The number of hydrogen-bond acceptors (Lipinski definition) is 5. The van der Waals surface area contributed by atoms with Gasteiger partial charge in [0.15, 0.2) is 0 Å². The van der Waals surface area contributed by atoms with Gasteiger partial charge in [0.25, 0.3) is 0 Å². The molecule has 1 aliphatic rings. The molecule has 5 nitrogen and oxygen atoms in total. The van der Waals surface area contributed by atoms with Crippen molar-refractivity contribution in [2.45, 2.75) is 42.7 Å². The Kier molecular flexibility index (Phi) is 5.96. The first-order valence-electron chi connectivity index (χ1n) is 9.97. The van der Waals surface area contributed by atoms with E-state index in [0.717, 1.165) is 35.6 Å². The maximum absolute atomic E-state index is 13.3. The molecule has 7 heteroatoms. The number of carbonyl (C=O) groups excluding carboxylic acids is 1. The van der Waals surface area contributed by atoms with Gasteiger partial charge in [0.2, 0.25) is 5.91 Å². The van der Waals surface area contributed by atoms with E-state index in [0.29, 0.717) is 23.6 Å². The topological polar surface area (TPSA) is 78.7 Å². The van der Waals surface area contributed by atoms with Gasteiger partial charge < -0.3 is 5.32 Å². The summed E-state index contributed by atoms with van der Waals surface area (Å²) >= 11 is 1.31. The zero-order valence-corrected chi connectivity index (χ0v) is 17.2. The second-order valence-electron chi connectivity index (χ2n) is 7.50. The molecule has 1 N–H and O–H groups in total. The molecular formula is C23H21FN4OS. The normalized spacial score (nSPS) is 15.5. The van der Waals surface area contributed by atoms with Crippen molar-refractivity contribution in [3.05, 3.63) is 54.3 Å². The second-order valence-corrected chi connectivity index (χ2v) is 8.46. The van der Waals surface area contributed by atoms with Gasteiger partial charge in [0.05, 0.1) is 11.8 Å². The summed E-state index contributed by atoms with van der Waals surface area (Å²) in [4.78, 5) is 12.5. The molecule has 2 aromatic carbocycles. The molecule has 0 unspecified atom stereocenters. The zero-order chi connectivity index (χ0) is 21.0. The van der Waals surface area contributed by atoms with E-state index in [2.05, 4.69) is 21.6 Å². The van der Waals surface area contributed by atoms with E-state index >= 15 is 0 Å². The number of nitrogens with zero attached hydrogens (tertiary/aromatic N) is 3. The largest absolute Gasteiger partial charge is 0.337 e. The molecule has 0 saturated heterocycles. The van der Waals surface area contributed by atoms with Crippen molar-refractivity contribution >= 4 is 28.4 Å². The van der Waals surface area contributed by atoms with Crippen LogP contribution in [0.4, 0.5) is 4.39 Å². The maximum atomic E-state index is 13.3. The third kappa shape index (κ3) is 4.29. The van der Waals surface area contributed by atoms with Gasteiger partial charge in [-0.1, -0.05) is 55.3 Å². The molecule has 0 atom stereocenters. The molecule has 0 bridgehead atoms. The molecule has 1 amide bonds. The van der Waals surface area contributed by atoms with E-state index in [-0.39, 0.29) is 17.5 Å². The highest BCUT2D eigenvalue weighted by Gasteiger charge is 2.33. The second kappa shape index (κ2) is 8.80. The van der Waals surface area contributed by atoms with Crippen LogP contribution in [0.25, 0.3) is 22.0 Å². The maximum Gasteiger partial charge on any atom is 0.231 e. The predicted molar refractivity (Wildman–Crippen MR) is 115 cm³/mol. The van der Waals surface area contributed by atoms with E-state index in [1.165, 1.54) is 23.9 Å². The summed E-state index contributed by atoms with van der Waals surface area (Å²) in [6, 6.07) is 16.2. The highest BCUT2D eigenvalue weighted by atomic mass is 32.2. The van der Waals surface area contributed by atoms with Crippen LogP contribution in [-0.4, -0.2) is 27.4 Å². The van der Waals surface area contributed by atoms with E-state index in [9.17, 15) is 14.4 Å². The standard InChI is InChI=1S/C23H21FN4OS/c24-17-10-8-16(9-11-17)21-18-6-2-3-7-19(18)22(28-27-21)30-14-20(29)26-23(15-25)12-4-1-5-13-23/h2-3,6-11H,1,4-5,12-14H2,(H,26,29). The van der Waals surface area contributed by atoms with Crippen molar-refractivity contribution in [1.82, 2.24) is 15.5 Å². The minimum absolute atomic E-state index is 0.165. The number of nitrogens with one attached hydrogen (secondary N) is 1. The van der Waals surface area contributed by atoms with Gasteiger partial charge in [0, 0.05) is 16.3 Å². The highest BCUT2D eigenvalue weighted by molar-refractivity contribution is 8.00. The molecule has 0 radical (unpaired) electrons. The molecule has 1 aromatic heterocycles. The van der Waals surface area contributed by atoms with Crippen molar-refractivity contribution < 1.29 is 9.18 Å². The molecule has 152 valence electrons. The van der Waals surface area contributed by atoms with Crippen molar-refractivity contribution in [2.75, 3.05) is 5.75 Å². The van der Waals surface area contributed by atoms with Crippen molar-refractivity contribution in [1.29, 1.82) is 5.26 Å². The molecule has 0 spiro atoms. The Morgan fingerprint density at radius 2 is 1.77 bits per heavy atom. The quantitative estimate of drug-likeness (QED) is 0.596. The van der Waals surface area contributed by atoms with Crippen LogP contribution in [0, 0.1) is 17.1 Å². The molecule has 3 aromatic rings. The average molecular weight is 421 g/mol. The third-order valence-electron chi connectivity index (χ3n) is 5.41. The lowest BCUT2D eigenvalue weighted by molar-refractivity contribution is -0.120. The molecule has 1 heterocycles. The summed E-state index contributed by atoms with van der Waals surface area (Å²) in [7, 11) is 0. The molecule has 0 aliphatic heterocycles. The smallest absolute Gasteiger partial charge is 0.231 e. The summed E-state index contributed by atoms with van der Waals surface area (Å²) in [5.41, 5.74) is 0.712. The van der Waals surface area contributed by atoms with Crippen LogP contribution in [0.1, 0.15) is 32.1 Å². The van der Waals surface area contributed by atoms with Crippen molar-refractivity contribution in [3.63, 3.8) is 0 Å². The van der Waals surface area contributed by atoms with Crippen LogP contribution in [0.15, 0.2) is 53.6 Å². The van der Waals surface area contributed by atoms with Gasteiger partial charge in [-0.3, -0.25) is 4.79 Å². The Labute approximate surface area is 178 Å². The summed E-state index contributed by atoms with van der Waals surface area (Å²) in [5, 5.41) is 23.6. The number of nitriles is 1. The SMILES string of the molecule is N#CC1(NC(=O)CSc2nnc(-c3ccc(F)cc3)c3ccccc23)CCCCC1. The van der Waals surface area contributed by atoms with Crippen LogP contribution in [-0.2, 0) is 4.79 Å². The molecule has 4 rings (SSSR count). The zero-order valence-electron chi connectivity index (χ0n) is 16.4. The molecule has 30 heavy (non-hydrogen) atoms. The van der Waals surface area contributed by atoms with Crippen LogP contribution in [0.3, 0.4) is 0 Å². The predicted octanol–water partition coefficient (Wildman–Crippen LogP) is 4.87. The number of carbonyl (C=O) groups is 1. The van der Waals surface area contributed by atoms with Gasteiger partial charge in [-0.25, -0.2) is 4.39 Å². The first-order valence-corrected chi connectivity index (χ1v) is 11.0. The number of aromatic nitrogens is 2. The summed E-state index contributed by atoms with van der Waals surface area (Å²) in [6.45, 7) is 0. The number of fused-ring (bicyclic) bond motifs is 1. The lowest BCUT2D eigenvalue weighted by Gasteiger charge is -2.31. The minimum Gasteiger partial charge on any atom is -0.337 e. The van der Waals surface area contributed by atoms with Gasteiger partial charge in [-0.15, -0.1) is 10.2 Å². The Hall–Kier alpha value is -2.98. The van der Waals surface area contributed by atoms with Crippen LogP contribution in [0.2, 0.25) is 0 Å². The fraction of sp³-hybridized carbons (Fsp3) is 0.304. The van der Waals surface area contributed by atoms with Gasteiger partial charge in [-0.05, 0) is 37.1 Å². The summed E-state index contributed by atoms with van der Waals surface area (Å²) < 4.78 is 13.3. The van der Waals surface area contributed by atoms with Gasteiger partial charge >= 0.3 is 0 Å².